The van der Waals surface area contributed by atoms with Gasteiger partial charge in [0, 0.05) is 34.1 Å². The Kier molecular flexibility index (Phi) is 22.8. The van der Waals surface area contributed by atoms with E-state index < -0.39 is 16.2 Å². The van der Waals surface area contributed by atoms with E-state index in [2.05, 4.69) is 454 Å². The average molecular weight is 1650 g/mol. The molecule has 0 saturated heterocycles. The van der Waals surface area contributed by atoms with Crippen molar-refractivity contribution in [3.05, 3.63) is 489 Å². The summed E-state index contributed by atoms with van der Waals surface area (Å²) in [4.78, 5) is 4.93. The quantitative estimate of drug-likeness (QED) is 0.0451. The van der Waals surface area contributed by atoms with Crippen LogP contribution in [0.1, 0.15) is 207 Å². The highest BCUT2D eigenvalue weighted by molar-refractivity contribution is 5.94. The number of benzene rings is 16. The summed E-state index contributed by atoms with van der Waals surface area (Å²) in [7, 11) is 0. The lowest BCUT2D eigenvalue weighted by Crippen LogP contribution is -2.30. The van der Waals surface area contributed by atoms with Crippen molar-refractivity contribution in [1.82, 2.24) is 0 Å². The number of nitrogens with zero attached hydrogens (tertiary/aromatic N) is 2. The molecule has 0 saturated carbocycles. The minimum atomic E-state index is -0.690. The maximum absolute atomic E-state index is 4.12. The van der Waals surface area contributed by atoms with Crippen molar-refractivity contribution in [2.45, 2.75) is 160 Å². The highest BCUT2D eigenvalue weighted by Crippen LogP contribution is 2.61. The minimum Gasteiger partial charge on any atom is -0.310 e. The summed E-state index contributed by atoms with van der Waals surface area (Å²) in [6.07, 6.45) is 17.4. The molecule has 2 unspecified atom stereocenters. The maximum atomic E-state index is 4.12. The van der Waals surface area contributed by atoms with Crippen molar-refractivity contribution < 1.29 is 0 Å². The van der Waals surface area contributed by atoms with E-state index in [0.717, 1.165) is 82.1 Å². The lowest BCUT2D eigenvalue weighted by molar-refractivity contribution is 0.586. The Hall–Kier alpha value is -13.4. The summed E-state index contributed by atoms with van der Waals surface area (Å²) in [6.45, 7) is 26.7. The second kappa shape index (κ2) is 34.9. The molecule has 2 nitrogen and oxygen atoms in total. The van der Waals surface area contributed by atoms with Crippen molar-refractivity contribution in [3.63, 3.8) is 0 Å². The van der Waals surface area contributed by atoms with E-state index in [4.69, 9.17) is 0 Å². The van der Waals surface area contributed by atoms with Crippen molar-refractivity contribution in [2.75, 3.05) is 9.80 Å². The van der Waals surface area contributed by atoms with Crippen LogP contribution in [0.15, 0.2) is 389 Å². The van der Waals surface area contributed by atoms with Gasteiger partial charge in [-0.3, -0.25) is 0 Å². The Balaban J connectivity index is 0.725. The molecule has 16 aromatic rings. The Morgan fingerprint density at radius 1 is 0.252 bits per heavy atom. The zero-order valence-electron chi connectivity index (χ0n) is 75.2. The molecule has 2 atom stereocenters. The Bertz CT molecular complexity index is 6230. The van der Waals surface area contributed by atoms with E-state index in [9.17, 15) is 0 Å². The summed E-state index contributed by atoms with van der Waals surface area (Å²) in [5.41, 5.74) is 40.5. The molecule has 127 heavy (non-hydrogen) atoms. The third kappa shape index (κ3) is 15.4. The zero-order valence-corrected chi connectivity index (χ0v) is 75.2. The number of anilines is 6. The van der Waals surface area contributed by atoms with Crippen LogP contribution < -0.4 is 9.80 Å². The summed E-state index contributed by atoms with van der Waals surface area (Å²) in [6, 6.07) is 145. The van der Waals surface area contributed by atoms with Gasteiger partial charge < -0.3 is 9.80 Å². The highest BCUT2D eigenvalue weighted by atomic mass is 15.1. The van der Waals surface area contributed by atoms with Crippen molar-refractivity contribution in [3.8, 4) is 55.6 Å². The van der Waals surface area contributed by atoms with Crippen LogP contribution in [0.2, 0.25) is 0 Å². The third-order valence-corrected chi connectivity index (χ3v) is 28.1. The van der Waals surface area contributed by atoms with Crippen LogP contribution in [0, 0.1) is 0 Å². The van der Waals surface area contributed by atoms with Crippen LogP contribution >= 0.6 is 0 Å². The molecule has 16 aromatic carbocycles. The Labute approximate surface area is 755 Å². The first kappa shape index (κ1) is 83.2. The van der Waals surface area contributed by atoms with Crippen LogP contribution in [0.4, 0.5) is 34.1 Å². The molecule has 19 rings (SSSR count). The fourth-order valence-corrected chi connectivity index (χ4v) is 21.3. The fourth-order valence-electron chi connectivity index (χ4n) is 21.3. The van der Waals surface area contributed by atoms with Crippen molar-refractivity contribution in [1.29, 1.82) is 0 Å². The molecular formula is C125H116N2. The number of rotatable bonds is 28. The van der Waals surface area contributed by atoms with E-state index in [0.29, 0.717) is 0 Å². The van der Waals surface area contributed by atoms with Gasteiger partial charge >= 0.3 is 0 Å². The van der Waals surface area contributed by atoms with Crippen LogP contribution in [-0.4, -0.2) is 0 Å². The van der Waals surface area contributed by atoms with Gasteiger partial charge in [0.05, 0.1) is 16.2 Å². The predicted molar refractivity (Wildman–Crippen MR) is 541 cm³/mol. The fraction of sp³-hybridized carbons (Fsp3) is 0.200. The number of fused-ring (bicyclic) bond motifs is 9. The molecule has 0 aromatic heterocycles. The molecule has 0 spiro atoms. The number of para-hydroxylation sites is 2. The Morgan fingerprint density at radius 2 is 0.559 bits per heavy atom. The second-order valence-electron chi connectivity index (χ2n) is 38.0. The molecule has 626 valence electrons. The van der Waals surface area contributed by atoms with Crippen molar-refractivity contribution in [2.24, 2.45) is 0 Å². The van der Waals surface area contributed by atoms with Gasteiger partial charge in [-0.2, -0.15) is 0 Å². The molecule has 0 N–H and O–H groups in total. The standard InChI is InChI=1S/C125H116N2/c1-11-15-17-21-31-89-49-59-101(60-50-89)125(102-61-51-90(52-62-102)32-22-18-16-12-2)119-81-95(93-53-71-105(72-54-93)126(103-33-23-19-24-34-103)107-75-79-111-109-37-27-29-39-115(109)123(117(111)83-107,85-91-45-41-87(13-3)42-46-91)99-67-63-97(64-68-99)121(5,6)7)57-77-113(119)114-78-58-96(82-120(114)125)94-55-73-106(74-56-94)127(104-35-25-20-26-36-104)108-76-80-112-110-38-28-30-40-116(110)124(118(112)84-108,86-92-47-43-88(14-4)44-48-92)100-69-65-98(66-70-100)122(8,9)10/h13-14,19-20,23-30,33-84H,3-4,11-12,15-18,21-22,31-32,85-86H2,1-2,5-10H3. The van der Waals surface area contributed by atoms with Crippen LogP contribution in [0.5, 0.6) is 0 Å². The molecule has 2 heteroatoms. The average Bonchev–Trinajstić information content (AvgIpc) is 1.56. The summed E-state index contributed by atoms with van der Waals surface area (Å²) >= 11 is 0. The van der Waals surface area contributed by atoms with Gasteiger partial charge in [0.15, 0.2) is 0 Å². The first-order chi connectivity index (χ1) is 62.0. The van der Waals surface area contributed by atoms with E-state index in [1.54, 1.807) is 0 Å². The van der Waals surface area contributed by atoms with Crippen LogP contribution in [-0.2, 0) is 52.8 Å². The topological polar surface area (TPSA) is 6.48 Å². The summed E-state index contributed by atoms with van der Waals surface area (Å²) in [5, 5.41) is 0. The molecular weight excluding hydrogens is 1530 g/mol. The van der Waals surface area contributed by atoms with E-state index in [1.165, 1.54) is 185 Å². The van der Waals surface area contributed by atoms with Gasteiger partial charge in [0.25, 0.3) is 0 Å². The van der Waals surface area contributed by atoms with Gasteiger partial charge in [-0.05, 0) is 290 Å². The van der Waals surface area contributed by atoms with Crippen molar-refractivity contribution >= 4 is 46.3 Å². The van der Waals surface area contributed by atoms with E-state index in [-0.39, 0.29) is 10.8 Å². The normalized spacial score (nSPS) is 15.0. The molecule has 0 aliphatic heterocycles. The predicted octanol–water partition coefficient (Wildman–Crippen LogP) is 33.6. The summed E-state index contributed by atoms with van der Waals surface area (Å²) < 4.78 is 0. The first-order valence-electron chi connectivity index (χ1n) is 46.5. The lowest BCUT2D eigenvalue weighted by Gasteiger charge is -2.35. The zero-order chi connectivity index (χ0) is 87.0. The summed E-state index contributed by atoms with van der Waals surface area (Å²) in [5.74, 6) is 0. The molecule has 0 amide bonds. The number of unbranched alkanes of at least 4 members (excludes halogenated alkanes) is 6. The molecule has 0 radical (unpaired) electrons. The monoisotopic (exact) mass is 1640 g/mol. The van der Waals surface area contributed by atoms with Gasteiger partial charge in [-0.25, -0.2) is 0 Å². The molecule has 0 heterocycles. The van der Waals surface area contributed by atoms with E-state index in [1.807, 2.05) is 12.2 Å². The first-order valence-corrected chi connectivity index (χ1v) is 46.5. The molecule has 3 aliphatic carbocycles. The maximum Gasteiger partial charge on any atom is 0.0714 e. The number of aryl methyl sites for hydroxylation is 2. The largest absolute Gasteiger partial charge is 0.310 e. The Morgan fingerprint density at radius 3 is 0.921 bits per heavy atom. The van der Waals surface area contributed by atoms with Gasteiger partial charge in [-0.1, -0.05) is 410 Å². The van der Waals surface area contributed by atoms with Gasteiger partial charge in [0.1, 0.15) is 0 Å². The molecule has 0 bridgehead atoms. The van der Waals surface area contributed by atoms with E-state index >= 15 is 0 Å². The van der Waals surface area contributed by atoms with Crippen LogP contribution in [0.25, 0.3) is 67.8 Å². The van der Waals surface area contributed by atoms with Gasteiger partial charge in [-0.15, -0.1) is 0 Å². The smallest absolute Gasteiger partial charge is 0.0714 e. The van der Waals surface area contributed by atoms with Gasteiger partial charge in [0.2, 0.25) is 0 Å². The lowest BCUT2D eigenvalue weighted by atomic mass is 9.67. The third-order valence-electron chi connectivity index (χ3n) is 28.1. The number of hydrogen-bond donors (Lipinski definition) is 0. The molecule has 3 aliphatic rings. The second-order valence-corrected chi connectivity index (χ2v) is 38.0. The molecule has 0 fully saturated rings. The number of hydrogen-bond acceptors (Lipinski definition) is 2. The minimum absolute atomic E-state index is 0.00364. The SMILES string of the molecule is C=Cc1ccc(CC2(c3ccc(C(C)(C)C)cc3)c3ccccc3-c3ccc(N(c4ccccc4)c4ccc(-c5ccc6c(c5)C(c5ccc(CCCCCC)cc5)(c5ccc(CCCCCC)cc5)c5cc(-c7ccc(N(c8ccccc8)c8ccc9c(c8)C(Cc8ccc(C=C)cc8)(c8ccc(C(C)(C)C)cc8)c8ccccc8-9)cc7)ccc5-6)cc4)cc32)cc1. The van der Waals surface area contributed by atoms with Crippen LogP contribution in [0.3, 0.4) is 0 Å². The highest BCUT2D eigenvalue weighted by Gasteiger charge is 2.49.